The Morgan fingerprint density at radius 2 is 1.88 bits per heavy atom. The Hall–Kier alpha value is -0.200. The van der Waals surface area contributed by atoms with Crippen molar-refractivity contribution in [2.24, 2.45) is 17.6 Å². The summed E-state index contributed by atoms with van der Waals surface area (Å²) in [5, 5.41) is 5.76. The Balaban J connectivity index is 2.26. The average Bonchev–Trinajstić information content (AvgIpc) is 2.64. The lowest BCUT2D eigenvalue weighted by Gasteiger charge is -2.43. The molecule has 100 valence electrons. The van der Waals surface area contributed by atoms with Crippen LogP contribution in [0, 0.1) is 11.8 Å². The smallest absolute Gasteiger partial charge is 0.0840 e. The largest absolute Gasteiger partial charge is 0.315 e. The van der Waals surface area contributed by atoms with Gasteiger partial charge in [0.25, 0.3) is 0 Å². The van der Waals surface area contributed by atoms with Crippen LogP contribution in [0.25, 0.3) is 0 Å². The van der Waals surface area contributed by atoms with Crippen molar-refractivity contribution in [3.63, 3.8) is 0 Å². The van der Waals surface area contributed by atoms with Gasteiger partial charge in [0.1, 0.15) is 0 Å². The minimum Gasteiger partial charge on any atom is -0.315 e. The zero-order valence-electron chi connectivity index (χ0n) is 11.6. The molecule has 0 bridgehead atoms. The predicted molar refractivity (Wildman–Crippen MR) is 69.8 cm³/mol. The van der Waals surface area contributed by atoms with Gasteiger partial charge in [0.2, 0.25) is 0 Å². The number of hydrazine groups is 1. The van der Waals surface area contributed by atoms with Crippen molar-refractivity contribution in [1.82, 2.24) is 20.7 Å². The SMILES string of the molecule is CC(C)C1NN(C(C)C)C2C1C(N)NCN2C. The summed E-state index contributed by atoms with van der Waals surface area (Å²) in [4.78, 5) is 2.35. The molecule has 17 heavy (non-hydrogen) atoms. The van der Waals surface area contributed by atoms with Crippen molar-refractivity contribution in [3.05, 3.63) is 0 Å². The number of nitrogens with two attached hydrogens (primary N) is 1. The lowest BCUT2D eigenvalue weighted by atomic mass is 9.86. The van der Waals surface area contributed by atoms with Crippen LogP contribution >= 0.6 is 0 Å². The molecule has 2 saturated heterocycles. The molecule has 0 aromatic carbocycles. The van der Waals surface area contributed by atoms with Crippen molar-refractivity contribution < 1.29 is 0 Å². The molecular formula is C12H27N5. The summed E-state index contributed by atoms with van der Waals surface area (Å²) >= 11 is 0. The standard InChI is InChI=1S/C12H27N5/c1-7(2)10-9-11(13)14-6-16(5)12(9)17(15-10)8(3)4/h7-12,14-15H,6,13H2,1-5H3. The third-order valence-electron chi connectivity index (χ3n) is 4.06. The summed E-state index contributed by atoms with van der Waals surface area (Å²) in [5.41, 5.74) is 9.93. The van der Waals surface area contributed by atoms with E-state index in [1.165, 1.54) is 0 Å². The molecule has 2 heterocycles. The molecule has 0 aliphatic carbocycles. The monoisotopic (exact) mass is 241 g/mol. The molecule has 4 N–H and O–H groups in total. The Morgan fingerprint density at radius 1 is 1.24 bits per heavy atom. The zero-order chi connectivity index (χ0) is 12.7. The normalized spacial score (nSPS) is 40.2. The number of rotatable bonds is 2. The number of fused-ring (bicyclic) bond motifs is 1. The van der Waals surface area contributed by atoms with Crippen LogP contribution in [0.1, 0.15) is 27.7 Å². The molecule has 0 aromatic heterocycles. The van der Waals surface area contributed by atoms with Gasteiger partial charge in [-0.2, -0.15) is 0 Å². The predicted octanol–water partition coefficient (Wildman–Crippen LogP) is -0.0408. The molecule has 5 nitrogen and oxygen atoms in total. The van der Waals surface area contributed by atoms with E-state index in [-0.39, 0.29) is 6.17 Å². The minimum absolute atomic E-state index is 0.0832. The van der Waals surface area contributed by atoms with Crippen molar-refractivity contribution in [3.8, 4) is 0 Å². The molecule has 0 spiro atoms. The lowest BCUT2D eigenvalue weighted by Crippen LogP contribution is -2.64. The molecule has 2 aliphatic rings. The van der Waals surface area contributed by atoms with E-state index in [0.29, 0.717) is 30.1 Å². The quantitative estimate of drug-likeness (QED) is 0.633. The second-order valence-corrected chi connectivity index (χ2v) is 6.04. The van der Waals surface area contributed by atoms with Crippen LogP contribution in [-0.2, 0) is 0 Å². The molecule has 2 fully saturated rings. The van der Waals surface area contributed by atoms with Gasteiger partial charge < -0.3 is 5.73 Å². The number of nitrogens with one attached hydrogen (secondary N) is 2. The highest BCUT2D eigenvalue weighted by molar-refractivity contribution is 5.00. The Morgan fingerprint density at radius 3 is 2.41 bits per heavy atom. The first kappa shape index (κ1) is 13.2. The zero-order valence-corrected chi connectivity index (χ0v) is 11.6. The van der Waals surface area contributed by atoms with E-state index in [1.807, 2.05) is 0 Å². The van der Waals surface area contributed by atoms with E-state index in [1.54, 1.807) is 0 Å². The Kier molecular flexibility index (Phi) is 3.75. The van der Waals surface area contributed by atoms with Crippen molar-refractivity contribution in [1.29, 1.82) is 0 Å². The number of hydrogen-bond donors (Lipinski definition) is 3. The summed E-state index contributed by atoms with van der Waals surface area (Å²) in [6, 6.07) is 0.937. The second kappa shape index (κ2) is 4.82. The van der Waals surface area contributed by atoms with E-state index in [0.717, 1.165) is 6.67 Å². The molecule has 5 heteroatoms. The summed E-state index contributed by atoms with van der Waals surface area (Å²) in [6.07, 6.45) is 0.485. The van der Waals surface area contributed by atoms with Crippen LogP contribution in [0.4, 0.5) is 0 Å². The molecule has 4 unspecified atom stereocenters. The van der Waals surface area contributed by atoms with E-state index in [4.69, 9.17) is 5.73 Å². The van der Waals surface area contributed by atoms with Gasteiger partial charge in [-0.1, -0.05) is 13.8 Å². The molecule has 2 aliphatic heterocycles. The van der Waals surface area contributed by atoms with Crippen LogP contribution in [-0.4, -0.2) is 48.0 Å². The Bertz CT molecular complexity index is 242. The Labute approximate surface area is 105 Å². The van der Waals surface area contributed by atoms with Gasteiger partial charge in [-0.25, -0.2) is 10.4 Å². The lowest BCUT2D eigenvalue weighted by molar-refractivity contribution is -0.0161. The molecule has 0 radical (unpaired) electrons. The van der Waals surface area contributed by atoms with Gasteiger partial charge in [-0.15, -0.1) is 0 Å². The van der Waals surface area contributed by atoms with E-state index >= 15 is 0 Å². The summed E-state index contributed by atoms with van der Waals surface area (Å²) < 4.78 is 0. The second-order valence-electron chi connectivity index (χ2n) is 6.04. The van der Waals surface area contributed by atoms with Gasteiger partial charge in [-0.3, -0.25) is 10.2 Å². The maximum atomic E-state index is 6.27. The van der Waals surface area contributed by atoms with E-state index in [2.05, 4.69) is 55.4 Å². The number of nitrogens with zero attached hydrogens (tertiary/aromatic N) is 2. The molecular weight excluding hydrogens is 214 g/mol. The first-order valence-corrected chi connectivity index (χ1v) is 6.67. The maximum absolute atomic E-state index is 6.27. The van der Waals surface area contributed by atoms with Gasteiger partial charge in [0.15, 0.2) is 0 Å². The van der Waals surface area contributed by atoms with E-state index in [9.17, 15) is 0 Å². The first-order valence-electron chi connectivity index (χ1n) is 6.67. The topological polar surface area (TPSA) is 56.6 Å². The molecule has 0 aromatic rings. The fourth-order valence-electron chi connectivity index (χ4n) is 3.15. The molecule has 0 saturated carbocycles. The van der Waals surface area contributed by atoms with Gasteiger partial charge in [0, 0.05) is 18.0 Å². The van der Waals surface area contributed by atoms with E-state index < -0.39 is 0 Å². The van der Waals surface area contributed by atoms with Crippen LogP contribution in [0.2, 0.25) is 0 Å². The van der Waals surface area contributed by atoms with Crippen molar-refractivity contribution in [2.45, 2.75) is 52.1 Å². The minimum atomic E-state index is 0.0832. The van der Waals surface area contributed by atoms with Gasteiger partial charge in [0.05, 0.1) is 19.0 Å². The van der Waals surface area contributed by atoms with Crippen LogP contribution in [0.5, 0.6) is 0 Å². The molecule has 4 atom stereocenters. The number of hydrogen-bond acceptors (Lipinski definition) is 5. The van der Waals surface area contributed by atoms with Crippen LogP contribution in [0.15, 0.2) is 0 Å². The van der Waals surface area contributed by atoms with Gasteiger partial charge >= 0.3 is 0 Å². The fraction of sp³-hybridized carbons (Fsp3) is 1.00. The van der Waals surface area contributed by atoms with Crippen LogP contribution in [0.3, 0.4) is 0 Å². The maximum Gasteiger partial charge on any atom is 0.0840 e. The fourth-order valence-corrected chi connectivity index (χ4v) is 3.15. The van der Waals surface area contributed by atoms with Crippen molar-refractivity contribution >= 4 is 0 Å². The third-order valence-corrected chi connectivity index (χ3v) is 4.06. The highest BCUT2D eigenvalue weighted by Crippen LogP contribution is 2.33. The molecule has 0 amide bonds. The van der Waals surface area contributed by atoms with Crippen LogP contribution < -0.4 is 16.5 Å². The van der Waals surface area contributed by atoms with Crippen molar-refractivity contribution in [2.75, 3.05) is 13.7 Å². The summed E-state index contributed by atoms with van der Waals surface area (Å²) in [5.74, 6) is 1.03. The summed E-state index contributed by atoms with van der Waals surface area (Å²) in [7, 11) is 2.16. The highest BCUT2D eigenvalue weighted by Gasteiger charge is 2.50. The average molecular weight is 241 g/mol. The summed E-state index contributed by atoms with van der Waals surface area (Å²) in [6.45, 7) is 9.85. The third kappa shape index (κ3) is 2.22. The molecule has 2 rings (SSSR count). The first-order chi connectivity index (χ1) is 7.93. The van der Waals surface area contributed by atoms with Gasteiger partial charge in [-0.05, 0) is 26.8 Å². The highest BCUT2D eigenvalue weighted by atomic mass is 15.6.